The molecule has 3 aromatic rings. The smallest absolute Gasteiger partial charge is 0.336 e. The third-order valence-corrected chi connectivity index (χ3v) is 5.42. The number of fused-ring (bicyclic) bond motifs is 2. The molecule has 7 heteroatoms. The number of hydrogen-bond donors (Lipinski definition) is 1. The van der Waals surface area contributed by atoms with Gasteiger partial charge in [0, 0.05) is 29.5 Å². The van der Waals surface area contributed by atoms with Crippen molar-refractivity contribution in [3.05, 3.63) is 63.1 Å². The van der Waals surface area contributed by atoms with Crippen molar-refractivity contribution in [1.82, 2.24) is 14.8 Å². The number of carbonyl (C=O) groups excluding carboxylic acids is 2. The lowest BCUT2D eigenvalue weighted by Crippen LogP contribution is -2.13. The van der Waals surface area contributed by atoms with Crippen LogP contribution in [0, 0.1) is 6.92 Å². The van der Waals surface area contributed by atoms with Gasteiger partial charge in [-0.25, -0.2) is 9.48 Å². The summed E-state index contributed by atoms with van der Waals surface area (Å²) in [4.78, 5) is 40.0. The average Bonchev–Trinajstić information content (AvgIpc) is 3.22. The number of esters is 1. The summed E-state index contributed by atoms with van der Waals surface area (Å²) >= 11 is 0. The zero-order chi connectivity index (χ0) is 21.6. The van der Waals surface area contributed by atoms with E-state index in [0.29, 0.717) is 23.2 Å². The Balaban J connectivity index is 1.59. The summed E-state index contributed by atoms with van der Waals surface area (Å²) < 4.78 is 7.17. The maximum atomic E-state index is 12.4. The summed E-state index contributed by atoms with van der Waals surface area (Å²) in [5.74, 6) is -0.288. The molecule has 0 amide bonds. The van der Waals surface area contributed by atoms with E-state index >= 15 is 0 Å². The Labute approximate surface area is 173 Å². The number of hydrogen-bond acceptors (Lipinski definition) is 5. The maximum absolute atomic E-state index is 12.4. The van der Waals surface area contributed by atoms with Gasteiger partial charge in [0.2, 0.25) is 0 Å². The highest BCUT2D eigenvalue weighted by atomic mass is 16.5. The van der Waals surface area contributed by atoms with Crippen molar-refractivity contribution in [2.24, 2.45) is 0 Å². The molecule has 154 valence electrons. The second-order valence-corrected chi connectivity index (χ2v) is 7.99. The first-order chi connectivity index (χ1) is 14.3. The van der Waals surface area contributed by atoms with Gasteiger partial charge in [-0.1, -0.05) is 13.0 Å². The van der Waals surface area contributed by atoms with E-state index in [4.69, 9.17) is 4.74 Å². The predicted molar refractivity (Wildman–Crippen MR) is 114 cm³/mol. The van der Waals surface area contributed by atoms with Crippen molar-refractivity contribution in [2.45, 2.75) is 46.1 Å². The van der Waals surface area contributed by atoms with Crippen LogP contribution in [-0.4, -0.2) is 26.5 Å². The van der Waals surface area contributed by atoms with E-state index in [1.807, 2.05) is 33.8 Å². The van der Waals surface area contributed by atoms with E-state index in [2.05, 4.69) is 10.1 Å². The number of ether oxygens (including phenoxy) is 1. The lowest BCUT2D eigenvalue weighted by Gasteiger charge is -2.11. The van der Waals surface area contributed by atoms with Gasteiger partial charge in [-0.05, 0) is 56.0 Å². The summed E-state index contributed by atoms with van der Waals surface area (Å²) in [5, 5.41) is 5.05. The van der Waals surface area contributed by atoms with Gasteiger partial charge in [-0.15, -0.1) is 0 Å². The molecule has 0 saturated heterocycles. The molecule has 1 N–H and O–H groups in total. The van der Waals surface area contributed by atoms with Crippen molar-refractivity contribution in [2.75, 3.05) is 0 Å². The molecule has 1 unspecified atom stereocenters. The Kier molecular flexibility index (Phi) is 4.89. The number of pyridine rings is 1. The highest BCUT2D eigenvalue weighted by Gasteiger charge is 2.31. The molecular formula is C23H23N3O4. The van der Waals surface area contributed by atoms with E-state index in [0.717, 1.165) is 16.5 Å². The van der Waals surface area contributed by atoms with Crippen molar-refractivity contribution < 1.29 is 14.3 Å². The number of rotatable bonds is 4. The number of H-pyrrole nitrogens is 1. The number of benzene rings is 1. The van der Waals surface area contributed by atoms with Gasteiger partial charge in [0.1, 0.15) is 11.4 Å². The van der Waals surface area contributed by atoms with Crippen molar-refractivity contribution in [3.8, 4) is 5.75 Å². The second kappa shape index (κ2) is 7.40. The number of aromatic nitrogens is 3. The number of carbonyl (C=O) groups is 2. The second-order valence-electron chi connectivity index (χ2n) is 7.99. The maximum Gasteiger partial charge on any atom is 0.336 e. The number of aryl methyl sites for hydroxylation is 1. The van der Waals surface area contributed by atoms with Gasteiger partial charge < -0.3 is 9.72 Å². The molecule has 2 heterocycles. The van der Waals surface area contributed by atoms with Gasteiger partial charge in [0.25, 0.3) is 5.56 Å². The Morgan fingerprint density at radius 2 is 2.10 bits per heavy atom. The van der Waals surface area contributed by atoms with Crippen LogP contribution in [0.25, 0.3) is 17.1 Å². The Hall–Kier alpha value is -3.48. The molecule has 4 rings (SSSR count). The Bertz CT molecular complexity index is 1260. The summed E-state index contributed by atoms with van der Waals surface area (Å²) in [6.07, 6.45) is 4.69. The quantitative estimate of drug-likeness (QED) is 0.403. The van der Waals surface area contributed by atoms with Gasteiger partial charge in [-0.3, -0.25) is 9.59 Å². The summed E-state index contributed by atoms with van der Waals surface area (Å²) in [7, 11) is 0. The molecule has 0 aliphatic heterocycles. The molecule has 1 aliphatic carbocycles. The molecule has 0 bridgehead atoms. The van der Waals surface area contributed by atoms with E-state index < -0.39 is 5.97 Å². The highest BCUT2D eigenvalue weighted by molar-refractivity contribution is 6.05. The minimum Gasteiger partial charge on any atom is -0.423 e. The SMILES string of the molecule is Cc1ccc(OC(=O)/C=C/c2cc3cnn(C(C)C)c3[nH]c2=O)c2c1C(C)CC2=O. The van der Waals surface area contributed by atoms with Crippen LogP contribution in [0.5, 0.6) is 5.75 Å². The first-order valence-electron chi connectivity index (χ1n) is 9.93. The highest BCUT2D eigenvalue weighted by Crippen LogP contribution is 2.40. The summed E-state index contributed by atoms with van der Waals surface area (Å²) in [6, 6.07) is 5.29. The molecule has 0 fully saturated rings. The van der Waals surface area contributed by atoms with Crippen LogP contribution in [0.1, 0.15) is 66.2 Å². The van der Waals surface area contributed by atoms with Crippen LogP contribution in [0.15, 0.2) is 35.3 Å². The molecular weight excluding hydrogens is 382 g/mol. The van der Waals surface area contributed by atoms with Gasteiger partial charge in [-0.2, -0.15) is 5.10 Å². The largest absolute Gasteiger partial charge is 0.423 e. The lowest BCUT2D eigenvalue weighted by molar-refractivity contribution is -0.128. The van der Waals surface area contributed by atoms with Crippen LogP contribution < -0.4 is 10.3 Å². The van der Waals surface area contributed by atoms with Crippen LogP contribution in [0.2, 0.25) is 0 Å². The van der Waals surface area contributed by atoms with Crippen molar-refractivity contribution >= 4 is 28.9 Å². The van der Waals surface area contributed by atoms with Gasteiger partial charge >= 0.3 is 5.97 Å². The third kappa shape index (κ3) is 3.36. The lowest BCUT2D eigenvalue weighted by atomic mass is 9.97. The third-order valence-electron chi connectivity index (χ3n) is 5.42. The van der Waals surface area contributed by atoms with Crippen LogP contribution in [0.4, 0.5) is 0 Å². The summed E-state index contributed by atoms with van der Waals surface area (Å²) in [5.41, 5.74) is 3.08. The monoisotopic (exact) mass is 405 g/mol. The molecule has 0 radical (unpaired) electrons. The number of aromatic amines is 1. The first kappa shape index (κ1) is 19.8. The Morgan fingerprint density at radius 1 is 1.33 bits per heavy atom. The van der Waals surface area contributed by atoms with Gasteiger partial charge in [0.05, 0.1) is 11.8 Å². The Morgan fingerprint density at radius 3 is 2.83 bits per heavy atom. The molecule has 1 atom stereocenters. The predicted octanol–water partition coefficient (Wildman–Crippen LogP) is 3.92. The van der Waals surface area contributed by atoms with E-state index in [1.54, 1.807) is 23.0 Å². The van der Waals surface area contributed by atoms with Crippen LogP contribution in [0.3, 0.4) is 0 Å². The number of nitrogens with one attached hydrogen (secondary N) is 1. The number of ketones is 1. The molecule has 2 aromatic heterocycles. The van der Waals surface area contributed by atoms with E-state index in [-0.39, 0.29) is 29.1 Å². The zero-order valence-corrected chi connectivity index (χ0v) is 17.4. The van der Waals surface area contributed by atoms with Crippen molar-refractivity contribution in [1.29, 1.82) is 0 Å². The minimum atomic E-state index is -0.647. The fourth-order valence-electron chi connectivity index (χ4n) is 4.03. The average molecular weight is 405 g/mol. The van der Waals surface area contributed by atoms with E-state index in [1.165, 1.54) is 12.2 Å². The number of Topliss-reactive ketones (excluding diaryl/α,β-unsaturated/α-hetero) is 1. The van der Waals surface area contributed by atoms with Crippen LogP contribution in [-0.2, 0) is 4.79 Å². The van der Waals surface area contributed by atoms with E-state index in [9.17, 15) is 14.4 Å². The summed E-state index contributed by atoms with van der Waals surface area (Å²) in [6.45, 7) is 7.89. The first-order valence-corrected chi connectivity index (χ1v) is 9.93. The van der Waals surface area contributed by atoms with Crippen molar-refractivity contribution in [3.63, 3.8) is 0 Å². The minimum absolute atomic E-state index is 0.0166. The molecule has 1 aromatic carbocycles. The standard InChI is InChI=1S/C23H23N3O4/c1-12(2)26-22-16(11-24-26)10-15(23(29)25-22)6-8-19(28)30-18-7-5-13(3)20-14(4)9-17(27)21(18)20/h5-8,10-12,14H,9H2,1-4H3,(H,25,29)/b8-6+. The normalized spacial score (nSPS) is 16.0. The number of nitrogens with zero attached hydrogens (tertiary/aromatic N) is 2. The fraction of sp³-hybridized carbons (Fsp3) is 0.304. The molecule has 0 saturated carbocycles. The zero-order valence-electron chi connectivity index (χ0n) is 17.4. The van der Waals surface area contributed by atoms with Gasteiger partial charge in [0.15, 0.2) is 5.78 Å². The molecule has 7 nitrogen and oxygen atoms in total. The fourth-order valence-corrected chi connectivity index (χ4v) is 4.03. The molecule has 1 aliphatic rings. The topological polar surface area (TPSA) is 94.0 Å². The molecule has 30 heavy (non-hydrogen) atoms. The molecule has 0 spiro atoms. The van der Waals surface area contributed by atoms with Crippen LogP contribution >= 0.6 is 0 Å².